The van der Waals surface area contributed by atoms with Crippen LogP contribution in [0.5, 0.6) is 0 Å². The van der Waals surface area contributed by atoms with Crippen molar-refractivity contribution in [1.82, 2.24) is 15.5 Å². The first-order chi connectivity index (χ1) is 11.6. The van der Waals surface area contributed by atoms with Crippen LogP contribution < -0.4 is 10.2 Å². The van der Waals surface area contributed by atoms with Gasteiger partial charge in [0.1, 0.15) is 6.10 Å². The molecule has 7 heteroatoms. The molecule has 0 radical (unpaired) electrons. The van der Waals surface area contributed by atoms with Crippen LogP contribution >= 0.6 is 0 Å². The zero-order chi connectivity index (χ0) is 17.1. The molecular formula is C17H22N4O3. The average Bonchev–Trinajstić information content (AvgIpc) is 3.19. The molecule has 2 heterocycles. The van der Waals surface area contributed by atoms with Gasteiger partial charge < -0.3 is 14.6 Å². The lowest BCUT2D eigenvalue weighted by Crippen LogP contribution is -2.38. The lowest BCUT2D eigenvalue weighted by Gasteiger charge is -2.17. The summed E-state index contributed by atoms with van der Waals surface area (Å²) in [6, 6.07) is 7.80. The van der Waals surface area contributed by atoms with Gasteiger partial charge in [0.05, 0.1) is 6.54 Å². The molecule has 0 bridgehead atoms. The van der Waals surface area contributed by atoms with Gasteiger partial charge in [-0.15, -0.1) is 0 Å². The summed E-state index contributed by atoms with van der Waals surface area (Å²) >= 11 is 0. The molecule has 1 aromatic carbocycles. The van der Waals surface area contributed by atoms with Crippen LogP contribution in [0.3, 0.4) is 0 Å². The molecule has 24 heavy (non-hydrogen) atoms. The number of nitrogens with zero attached hydrogens (tertiary/aromatic N) is 3. The summed E-state index contributed by atoms with van der Waals surface area (Å²) in [7, 11) is 0. The molecule has 1 aliphatic heterocycles. The summed E-state index contributed by atoms with van der Waals surface area (Å²) < 4.78 is 10.6. The molecular weight excluding hydrogens is 308 g/mol. The predicted molar refractivity (Wildman–Crippen MR) is 88.8 cm³/mol. The maximum Gasteiger partial charge on any atom is 0.322 e. The van der Waals surface area contributed by atoms with Crippen LogP contribution in [0.2, 0.25) is 0 Å². The Morgan fingerprint density at radius 2 is 2.29 bits per heavy atom. The maximum atomic E-state index is 12.5. The van der Waals surface area contributed by atoms with Gasteiger partial charge in [-0.05, 0) is 25.5 Å². The van der Waals surface area contributed by atoms with Crippen molar-refractivity contribution in [3.05, 3.63) is 41.5 Å². The summed E-state index contributed by atoms with van der Waals surface area (Å²) in [5.74, 6) is 1.18. The van der Waals surface area contributed by atoms with Crippen LogP contribution in [0.4, 0.5) is 10.5 Å². The van der Waals surface area contributed by atoms with E-state index in [1.54, 1.807) is 4.90 Å². The molecule has 0 spiro atoms. The summed E-state index contributed by atoms with van der Waals surface area (Å²) in [6.45, 7) is 7.32. The number of amides is 2. The molecule has 1 aromatic heterocycles. The second kappa shape index (κ2) is 7.00. The molecule has 2 aromatic rings. The van der Waals surface area contributed by atoms with E-state index < -0.39 is 0 Å². The number of aromatic nitrogens is 2. The van der Waals surface area contributed by atoms with Crippen LogP contribution in [-0.2, 0) is 11.3 Å². The van der Waals surface area contributed by atoms with E-state index in [0.29, 0.717) is 30.8 Å². The van der Waals surface area contributed by atoms with Crippen LogP contribution in [0.15, 0.2) is 28.8 Å². The third-order valence-electron chi connectivity index (χ3n) is 4.11. The summed E-state index contributed by atoms with van der Waals surface area (Å²) in [5, 5.41) is 6.72. The van der Waals surface area contributed by atoms with Gasteiger partial charge in [0.2, 0.25) is 5.89 Å². The third-order valence-corrected chi connectivity index (χ3v) is 4.11. The number of fused-ring (bicyclic) bond motifs is 1. The number of para-hydroxylation sites is 1. The zero-order valence-electron chi connectivity index (χ0n) is 14.2. The quantitative estimate of drug-likeness (QED) is 0.911. The standard InChI is InChI=1S/C17H22N4O3/c1-4-23-12(3)16-19-15(24-20-16)9-18-17(22)21-10-11(2)13-7-5-6-8-14(13)21/h5-8,11-12H,4,9-10H2,1-3H3,(H,18,22)/t11-,12+/m1/s1. The molecule has 0 fully saturated rings. The highest BCUT2D eigenvalue weighted by molar-refractivity contribution is 5.94. The van der Waals surface area contributed by atoms with Crippen molar-refractivity contribution in [1.29, 1.82) is 0 Å². The van der Waals surface area contributed by atoms with Crippen LogP contribution in [0.1, 0.15) is 50.1 Å². The van der Waals surface area contributed by atoms with Gasteiger partial charge in [0.25, 0.3) is 0 Å². The second-order valence-corrected chi connectivity index (χ2v) is 5.87. The fraction of sp³-hybridized carbons (Fsp3) is 0.471. The number of urea groups is 1. The number of carbonyl (C=O) groups excluding carboxylic acids is 1. The van der Waals surface area contributed by atoms with Gasteiger partial charge >= 0.3 is 6.03 Å². The number of hydrogen-bond acceptors (Lipinski definition) is 5. The first-order valence-corrected chi connectivity index (χ1v) is 8.18. The monoisotopic (exact) mass is 330 g/mol. The number of nitrogens with one attached hydrogen (secondary N) is 1. The Hall–Kier alpha value is -2.41. The van der Waals surface area contributed by atoms with Gasteiger partial charge in [0.15, 0.2) is 5.82 Å². The van der Waals surface area contributed by atoms with Gasteiger partial charge in [-0.3, -0.25) is 4.90 Å². The van der Waals surface area contributed by atoms with Crippen LogP contribution in [0, 0.1) is 0 Å². The summed E-state index contributed by atoms with van der Waals surface area (Å²) in [4.78, 5) is 18.5. The van der Waals surface area contributed by atoms with E-state index in [0.717, 1.165) is 5.69 Å². The molecule has 0 saturated carbocycles. The van der Waals surface area contributed by atoms with Gasteiger partial charge in [-0.25, -0.2) is 4.79 Å². The number of rotatable bonds is 5. The number of ether oxygens (including phenoxy) is 1. The highest BCUT2D eigenvalue weighted by Gasteiger charge is 2.29. The first kappa shape index (κ1) is 16.4. The molecule has 0 saturated heterocycles. The minimum Gasteiger partial charge on any atom is -0.371 e. The summed E-state index contributed by atoms with van der Waals surface area (Å²) in [6.07, 6.45) is -0.227. The molecule has 1 N–H and O–H groups in total. The van der Waals surface area contributed by atoms with Crippen LogP contribution in [0.25, 0.3) is 0 Å². The van der Waals surface area contributed by atoms with E-state index in [1.165, 1.54) is 5.56 Å². The summed E-state index contributed by atoms with van der Waals surface area (Å²) in [5.41, 5.74) is 2.15. The van der Waals surface area contributed by atoms with Crippen molar-refractivity contribution in [3.63, 3.8) is 0 Å². The second-order valence-electron chi connectivity index (χ2n) is 5.87. The number of carbonyl (C=O) groups is 1. The van der Waals surface area contributed by atoms with Gasteiger partial charge in [-0.2, -0.15) is 4.98 Å². The maximum absolute atomic E-state index is 12.5. The van der Waals surface area contributed by atoms with E-state index in [-0.39, 0.29) is 18.7 Å². The highest BCUT2D eigenvalue weighted by Crippen LogP contribution is 2.35. The van der Waals surface area contributed by atoms with Crippen molar-refractivity contribution < 1.29 is 14.1 Å². The minimum absolute atomic E-state index is 0.163. The van der Waals surface area contributed by atoms with Crippen molar-refractivity contribution in [2.24, 2.45) is 0 Å². The molecule has 7 nitrogen and oxygen atoms in total. The fourth-order valence-electron chi connectivity index (χ4n) is 2.89. The Bertz CT molecular complexity index is 715. The normalized spacial score (nSPS) is 17.6. The predicted octanol–water partition coefficient (Wildman–Crippen LogP) is 3.00. The van der Waals surface area contributed by atoms with Crippen molar-refractivity contribution in [2.75, 3.05) is 18.1 Å². The molecule has 0 aliphatic carbocycles. The van der Waals surface area contributed by atoms with Crippen LogP contribution in [-0.4, -0.2) is 29.3 Å². The largest absolute Gasteiger partial charge is 0.371 e. The topological polar surface area (TPSA) is 80.5 Å². The van der Waals surface area contributed by atoms with E-state index in [2.05, 4.69) is 28.4 Å². The van der Waals surface area contributed by atoms with E-state index in [4.69, 9.17) is 9.26 Å². The van der Waals surface area contributed by atoms with E-state index in [1.807, 2.05) is 32.0 Å². The zero-order valence-corrected chi connectivity index (χ0v) is 14.2. The SMILES string of the molecule is CCO[C@@H](C)c1noc(CNC(=O)N2C[C@@H](C)c3ccccc32)n1. The number of anilines is 1. The Morgan fingerprint density at radius 3 is 3.08 bits per heavy atom. The lowest BCUT2D eigenvalue weighted by molar-refractivity contribution is 0.0683. The molecule has 2 amide bonds. The molecule has 128 valence electrons. The lowest BCUT2D eigenvalue weighted by atomic mass is 10.0. The molecule has 2 atom stereocenters. The molecule has 0 unspecified atom stereocenters. The van der Waals surface area contributed by atoms with Gasteiger partial charge in [0, 0.05) is 24.8 Å². The first-order valence-electron chi connectivity index (χ1n) is 8.18. The van der Waals surface area contributed by atoms with Crippen molar-refractivity contribution in [3.8, 4) is 0 Å². The minimum atomic E-state index is -0.227. The highest BCUT2D eigenvalue weighted by atomic mass is 16.5. The van der Waals surface area contributed by atoms with Crippen molar-refractivity contribution in [2.45, 2.75) is 39.3 Å². The average molecular weight is 330 g/mol. The Kier molecular flexibility index (Phi) is 4.80. The molecule has 3 rings (SSSR count). The van der Waals surface area contributed by atoms with Gasteiger partial charge in [-0.1, -0.05) is 30.3 Å². The Morgan fingerprint density at radius 1 is 1.50 bits per heavy atom. The Labute approximate surface area is 141 Å². The van der Waals surface area contributed by atoms with E-state index in [9.17, 15) is 4.79 Å². The molecule has 1 aliphatic rings. The number of hydrogen-bond donors (Lipinski definition) is 1. The number of benzene rings is 1. The van der Waals surface area contributed by atoms with E-state index >= 15 is 0 Å². The third kappa shape index (κ3) is 3.26. The smallest absolute Gasteiger partial charge is 0.322 e. The fourth-order valence-corrected chi connectivity index (χ4v) is 2.89. The van der Waals surface area contributed by atoms with Crippen molar-refractivity contribution >= 4 is 11.7 Å². The Balaban J connectivity index is 1.61.